The van der Waals surface area contributed by atoms with Crippen molar-refractivity contribution < 1.29 is 9.53 Å². The van der Waals surface area contributed by atoms with Gasteiger partial charge in [-0.05, 0) is 51.9 Å². The Morgan fingerprint density at radius 3 is 2.38 bits per heavy atom. The van der Waals surface area contributed by atoms with E-state index in [0.29, 0.717) is 5.41 Å². The van der Waals surface area contributed by atoms with Gasteiger partial charge in [-0.1, -0.05) is 6.42 Å². The Kier molecular flexibility index (Phi) is 2.99. The number of nitrogens with one attached hydrogen (secondary N) is 1. The topological polar surface area (TPSA) is 38.3 Å². The number of ether oxygens (including phenoxy) is 1. The minimum atomic E-state index is -0.371. The molecule has 1 saturated heterocycles. The van der Waals surface area contributed by atoms with Crippen LogP contribution in [0, 0.1) is 5.41 Å². The van der Waals surface area contributed by atoms with Gasteiger partial charge in [-0.3, -0.25) is 4.79 Å². The van der Waals surface area contributed by atoms with E-state index < -0.39 is 0 Å². The van der Waals surface area contributed by atoms with Crippen LogP contribution in [-0.2, 0) is 9.53 Å². The SMILES string of the molecule is CC(C)(C)OC(=O)C1CCC2(CCC2)CN1. The van der Waals surface area contributed by atoms with Gasteiger partial charge in [0.15, 0.2) is 0 Å². The molecule has 1 atom stereocenters. The van der Waals surface area contributed by atoms with Gasteiger partial charge >= 0.3 is 5.97 Å². The Morgan fingerprint density at radius 2 is 2.00 bits per heavy atom. The van der Waals surface area contributed by atoms with Crippen molar-refractivity contribution in [1.82, 2.24) is 5.32 Å². The molecule has 2 fully saturated rings. The van der Waals surface area contributed by atoms with Crippen molar-refractivity contribution >= 4 is 5.97 Å². The molecule has 1 heterocycles. The Labute approximate surface area is 97.9 Å². The van der Waals surface area contributed by atoms with Crippen molar-refractivity contribution in [2.24, 2.45) is 5.41 Å². The Morgan fingerprint density at radius 1 is 1.31 bits per heavy atom. The van der Waals surface area contributed by atoms with E-state index in [1.807, 2.05) is 20.8 Å². The van der Waals surface area contributed by atoms with E-state index >= 15 is 0 Å². The van der Waals surface area contributed by atoms with E-state index in [4.69, 9.17) is 4.74 Å². The van der Waals surface area contributed by atoms with Gasteiger partial charge in [0.05, 0.1) is 0 Å². The van der Waals surface area contributed by atoms with Crippen molar-refractivity contribution in [2.45, 2.75) is 64.5 Å². The molecule has 0 aromatic rings. The molecule has 2 aliphatic rings. The molecule has 0 aromatic heterocycles. The molecule has 0 bridgehead atoms. The number of rotatable bonds is 1. The van der Waals surface area contributed by atoms with Crippen molar-refractivity contribution in [3.8, 4) is 0 Å². The molecule has 3 heteroatoms. The molecule has 0 aromatic carbocycles. The maximum absolute atomic E-state index is 11.8. The van der Waals surface area contributed by atoms with Crippen LogP contribution in [0.25, 0.3) is 0 Å². The molecule has 1 saturated carbocycles. The third-order valence-corrected chi connectivity index (χ3v) is 3.79. The van der Waals surface area contributed by atoms with Crippen LogP contribution in [0.4, 0.5) is 0 Å². The molecule has 92 valence electrons. The first-order chi connectivity index (χ1) is 7.40. The second-order valence-corrected chi connectivity index (χ2v) is 6.36. The van der Waals surface area contributed by atoms with E-state index in [1.165, 1.54) is 25.7 Å². The van der Waals surface area contributed by atoms with E-state index in [2.05, 4.69) is 5.32 Å². The smallest absolute Gasteiger partial charge is 0.323 e. The molecule has 1 aliphatic heterocycles. The van der Waals surface area contributed by atoms with Crippen molar-refractivity contribution in [2.75, 3.05) is 6.54 Å². The van der Waals surface area contributed by atoms with Crippen LogP contribution in [0.15, 0.2) is 0 Å². The molecule has 1 N–H and O–H groups in total. The zero-order valence-electron chi connectivity index (χ0n) is 10.6. The standard InChI is InChI=1S/C13H23NO2/c1-12(2,3)16-11(15)10-5-8-13(9-14-10)6-4-7-13/h10,14H,4-9H2,1-3H3. The number of carbonyl (C=O) groups excluding carboxylic acids is 1. The number of carbonyl (C=O) groups is 1. The number of hydrogen-bond donors (Lipinski definition) is 1. The largest absolute Gasteiger partial charge is 0.459 e. The van der Waals surface area contributed by atoms with Crippen LogP contribution in [0.5, 0.6) is 0 Å². The highest BCUT2D eigenvalue weighted by Gasteiger charge is 2.42. The molecule has 3 nitrogen and oxygen atoms in total. The molecule has 1 aliphatic carbocycles. The minimum Gasteiger partial charge on any atom is -0.459 e. The first-order valence-electron chi connectivity index (χ1n) is 6.37. The van der Waals surface area contributed by atoms with Crippen LogP contribution in [0.3, 0.4) is 0 Å². The summed E-state index contributed by atoms with van der Waals surface area (Å²) >= 11 is 0. The average molecular weight is 225 g/mol. The van der Waals surface area contributed by atoms with Crippen LogP contribution < -0.4 is 5.32 Å². The number of esters is 1. The first-order valence-corrected chi connectivity index (χ1v) is 6.37. The molecular weight excluding hydrogens is 202 g/mol. The van der Waals surface area contributed by atoms with Crippen molar-refractivity contribution in [1.29, 1.82) is 0 Å². The second-order valence-electron chi connectivity index (χ2n) is 6.36. The summed E-state index contributed by atoms with van der Waals surface area (Å²) in [4.78, 5) is 11.8. The molecule has 2 rings (SSSR count). The zero-order valence-corrected chi connectivity index (χ0v) is 10.6. The highest BCUT2D eigenvalue weighted by molar-refractivity contribution is 5.76. The average Bonchev–Trinajstić information content (AvgIpc) is 2.13. The van der Waals surface area contributed by atoms with Crippen LogP contribution in [0.1, 0.15) is 52.9 Å². The predicted molar refractivity (Wildman–Crippen MR) is 63.2 cm³/mol. The van der Waals surface area contributed by atoms with Gasteiger partial charge in [-0.25, -0.2) is 0 Å². The van der Waals surface area contributed by atoms with Gasteiger partial charge in [-0.15, -0.1) is 0 Å². The zero-order chi connectivity index (χ0) is 11.8. The van der Waals surface area contributed by atoms with Gasteiger partial charge in [0.25, 0.3) is 0 Å². The fraction of sp³-hybridized carbons (Fsp3) is 0.923. The monoisotopic (exact) mass is 225 g/mol. The van der Waals surface area contributed by atoms with Gasteiger partial charge < -0.3 is 10.1 Å². The summed E-state index contributed by atoms with van der Waals surface area (Å²) in [7, 11) is 0. The summed E-state index contributed by atoms with van der Waals surface area (Å²) in [5, 5.41) is 3.36. The third-order valence-electron chi connectivity index (χ3n) is 3.79. The van der Waals surface area contributed by atoms with Gasteiger partial charge in [-0.2, -0.15) is 0 Å². The van der Waals surface area contributed by atoms with E-state index in [0.717, 1.165) is 13.0 Å². The fourth-order valence-electron chi connectivity index (χ4n) is 2.66. The highest BCUT2D eigenvalue weighted by Crippen LogP contribution is 2.46. The fourth-order valence-corrected chi connectivity index (χ4v) is 2.66. The highest BCUT2D eigenvalue weighted by atomic mass is 16.6. The minimum absolute atomic E-state index is 0.0783. The molecule has 16 heavy (non-hydrogen) atoms. The van der Waals surface area contributed by atoms with Crippen LogP contribution >= 0.6 is 0 Å². The van der Waals surface area contributed by atoms with Gasteiger partial charge in [0.1, 0.15) is 11.6 Å². The maximum atomic E-state index is 11.8. The second kappa shape index (κ2) is 4.02. The molecule has 1 spiro atoms. The summed E-state index contributed by atoms with van der Waals surface area (Å²) in [6, 6.07) is -0.0783. The predicted octanol–water partition coefficient (Wildman–Crippen LogP) is 2.25. The number of piperidine rings is 1. The summed E-state index contributed by atoms with van der Waals surface area (Å²) in [6.07, 6.45) is 6.15. The van der Waals surface area contributed by atoms with E-state index in [-0.39, 0.29) is 17.6 Å². The lowest BCUT2D eigenvalue weighted by molar-refractivity contribution is -0.159. The first kappa shape index (κ1) is 11.9. The van der Waals surface area contributed by atoms with E-state index in [1.54, 1.807) is 0 Å². The Balaban J connectivity index is 1.82. The summed E-state index contributed by atoms with van der Waals surface area (Å²) in [5.41, 5.74) is 0.156. The maximum Gasteiger partial charge on any atom is 0.323 e. The Bertz CT molecular complexity index is 266. The quantitative estimate of drug-likeness (QED) is 0.696. The van der Waals surface area contributed by atoms with Gasteiger partial charge in [0, 0.05) is 6.54 Å². The molecule has 0 amide bonds. The van der Waals surface area contributed by atoms with Crippen molar-refractivity contribution in [3.05, 3.63) is 0 Å². The normalized spacial score (nSPS) is 28.6. The Hall–Kier alpha value is -0.570. The van der Waals surface area contributed by atoms with E-state index in [9.17, 15) is 4.79 Å². The lowest BCUT2D eigenvalue weighted by Gasteiger charge is -2.47. The molecular formula is C13H23NO2. The van der Waals surface area contributed by atoms with Gasteiger partial charge in [0.2, 0.25) is 0 Å². The molecule has 0 radical (unpaired) electrons. The van der Waals surface area contributed by atoms with Crippen molar-refractivity contribution in [3.63, 3.8) is 0 Å². The lowest BCUT2D eigenvalue weighted by atomic mass is 9.64. The lowest BCUT2D eigenvalue weighted by Crippen LogP contribution is -2.53. The molecule has 1 unspecified atom stereocenters. The summed E-state index contributed by atoms with van der Waals surface area (Å²) < 4.78 is 5.40. The summed E-state index contributed by atoms with van der Waals surface area (Å²) in [5.74, 6) is -0.0818. The van der Waals surface area contributed by atoms with Crippen LogP contribution in [0.2, 0.25) is 0 Å². The third kappa shape index (κ3) is 2.57. The number of hydrogen-bond acceptors (Lipinski definition) is 3. The van der Waals surface area contributed by atoms with Crippen LogP contribution in [-0.4, -0.2) is 24.2 Å². The summed E-state index contributed by atoms with van der Waals surface area (Å²) in [6.45, 7) is 6.75.